The summed E-state index contributed by atoms with van der Waals surface area (Å²) in [6, 6.07) is 4.36. The summed E-state index contributed by atoms with van der Waals surface area (Å²) in [5.74, 6) is 0.176. The van der Waals surface area contributed by atoms with Gasteiger partial charge in [0.15, 0.2) is 5.16 Å². The number of nitrogens with zero attached hydrogens (tertiary/aromatic N) is 2. The smallest absolute Gasteiger partial charge is 0.263 e. The minimum absolute atomic E-state index is 0.0622. The summed E-state index contributed by atoms with van der Waals surface area (Å²) in [4.78, 5) is 33.8. The van der Waals surface area contributed by atoms with Crippen molar-refractivity contribution in [2.75, 3.05) is 11.1 Å². The average molecular weight is 482 g/mol. The largest absolute Gasteiger partial charge is 0.325 e. The Kier molecular flexibility index (Phi) is 6.36. The van der Waals surface area contributed by atoms with E-state index < -0.39 is 0 Å². The predicted octanol–water partition coefficient (Wildman–Crippen LogP) is 6.11. The second kappa shape index (κ2) is 9.26. The molecule has 0 radical (unpaired) electrons. The fourth-order valence-corrected chi connectivity index (χ4v) is 7.64. The lowest BCUT2D eigenvalue weighted by molar-refractivity contribution is -0.113. The van der Waals surface area contributed by atoms with Gasteiger partial charge in [-0.1, -0.05) is 42.3 Å². The van der Waals surface area contributed by atoms with Crippen LogP contribution in [-0.2, 0) is 17.6 Å². The maximum Gasteiger partial charge on any atom is 0.263 e. The zero-order valence-electron chi connectivity index (χ0n) is 19.6. The topological polar surface area (TPSA) is 64.0 Å². The molecule has 1 fully saturated rings. The zero-order chi connectivity index (χ0) is 23.1. The summed E-state index contributed by atoms with van der Waals surface area (Å²) in [6.07, 6.45) is 8.70. The number of aryl methyl sites for hydroxylation is 5. The Labute approximate surface area is 203 Å². The van der Waals surface area contributed by atoms with E-state index in [4.69, 9.17) is 4.98 Å². The Bertz CT molecular complexity index is 1260. The molecule has 0 aliphatic heterocycles. The highest BCUT2D eigenvalue weighted by Gasteiger charge is 2.27. The number of thioether (sulfide) groups is 1. The van der Waals surface area contributed by atoms with Crippen molar-refractivity contribution in [2.45, 2.75) is 83.3 Å². The third kappa shape index (κ3) is 4.37. The van der Waals surface area contributed by atoms with Crippen molar-refractivity contribution < 1.29 is 4.79 Å². The van der Waals surface area contributed by atoms with Gasteiger partial charge in [0, 0.05) is 16.6 Å². The Morgan fingerprint density at radius 1 is 1.12 bits per heavy atom. The van der Waals surface area contributed by atoms with E-state index in [-0.39, 0.29) is 23.3 Å². The quantitative estimate of drug-likeness (QED) is 0.353. The normalized spacial score (nSPS) is 16.3. The van der Waals surface area contributed by atoms with E-state index in [2.05, 4.69) is 24.4 Å². The number of anilines is 1. The van der Waals surface area contributed by atoms with Crippen LogP contribution in [0.3, 0.4) is 0 Å². The van der Waals surface area contributed by atoms with E-state index in [9.17, 15) is 9.59 Å². The molecular weight excluding hydrogens is 450 g/mol. The van der Waals surface area contributed by atoms with Crippen molar-refractivity contribution in [3.8, 4) is 0 Å². The Morgan fingerprint density at radius 3 is 2.55 bits per heavy atom. The molecule has 1 N–H and O–H groups in total. The lowest BCUT2D eigenvalue weighted by Gasteiger charge is -2.18. The fourth-order valence-electron chi connectivity index (χ4n) is 5.47. The Balaban J connectivity index is 1.45. The van der Waals surface area contributed by atoms with Crippen LogP contribution in [0.1, 0.15) is 71.7 Å². The zero-order valence-corrected chi connectivity index (χ0v) is 21.3. The van der Waals surface area contributed by atoms with Crippen LogP contribution in [0, 0.1) is 20.8 Å². The first kappa shape index (κ1) is 22.7. The monoisotopic (exact) mass is 481 g/mol. The van der Waals surface area contributed by atoms with E-state index >= 15 is 0 Å². The van der Waals surface area contributed by atoms with Crippen LogP contribution >= 0.6 is 23.1 Å². The lowest BCUT2D eigenvalue weighted by Crippen LogP contribution is -2.27. The van der Waals surface area contributed by atoms with E-state index in [0.717, 1.165) is 72.0 Å². The third-order valence-electron chi connectivity index (χ3n) is 6.95. The molecule has 1 amide bonds. The molecule has 1 aromatic carbocycles. The van der Waals surface area contributed by atoms with Crippen LogP contribution < -0.4 is 10.9 Å². The van der Waals surface area contributed by atoms with Crippen molar-refractivity contribution in [3.05, 3.63) is 49.6 Å². The van der Waals surface area contributed by atoms with Crippen LogP contribution in [0.4, 0.5) is 5.69 Å². The predicted molar refractivity (Wildman–Crippen MR) is 138 cm³/mol. The lowest BCUT2D eigenvalue weighted by atomic mass is 9.97. The third-order valence-corrected chi connectivity index (χ3v) is 9.09. The summed E-state index contributed by atoms with van der Waals surface area (Å²) in [5, 5.41) is 4.63. The fraction of sp³-hybridized carbons (Fsp3) is 0.500. The molecule has 174 valence electrons. The van der Waals surface area contributed by atoms with E-state index in [1.807, 2.05) is 18.4 Å². The molecule has 2 aromatic heterocycles. The molecule has 3 aromatic rings. The number of rotatable bonds is 5. The summed E-state index contributed by atoms with van der Waals surface area (Å²) in [6.45, 7) is 6.11. The minimum Gasteiger partial charge on any atom is -0.325 e. The van der Waals surface area contributed by atoms with Crippen LogP contribution in [0.2, 0.25) is 0 Å². The van der Waals surface area contributed by atoms with Gasteiger partial charge in [0.05, 0.1) is 11.1 Å². The number of amides is 1. The average Bonchev–Trinajstić information content (AvgIpc) is 3.42. The van der Waals surface area contributed by atoms with Gasteiger partial charge in [-0.2, -0.15) is 0 Å². The maximum absolute atomic E-state index is 13.7. The molecule has 33 heavy (non-hydrogen) atoms. The second-order valence-corrected chi connectivity index (χ2v) is 11.5. The molecule has 0 unspecified atom stereocenters. The number of aromatic nitrogens is 2. The number of thiophene rings is 1. The van der Waals surface area contributed by atoms with Gasteiger partial charge in [0.2, 0.25) is 5.91 Å². The van der Waals surface area contributed by atoms with E-state index in [1.165, 1.54) is 34.2 Å². The number of hydrogen-bond donors (Lipinski definition) is 1. The highest BCUT2D eigenvalue weighted by Crippen LogP contribution is 2.37. The van der Waals surface area contributed by atoms with Crippen molar-refractivity contribution in [2.24, 2.45) is 0 Å². The molecule has 0 saturated heterocycles. The molecule has 7 heteroatoms. The molecule has 5 nitrogen and oxygen atoms in total. The van der Waals surface area contributed by atoms with Gasteiger partial charge < -0.3 is 5.32 Å². The van der Waals surface area contributed by atoms with Crippen molar-refractivity contribution in [1.82, 2.24) is 9.55 Å². The van der Waals surface area contributed by atoms with Gasteiger partial charge in [-0.05, 0) is 76.0 Å². The molecule has 0 atom stereocenters. The number of hydrogen-bond acceptors (Lipinski definition) is 5. The molecule has 2 aliphatic carbocycles. The SMILES string of the molecule is Cc1cc(C)c(NC(=O)CSc2nc3sc4c(c3c(=O)n2C2CCCC2)CCCC4)c(C)c1. The number of fused-ring (bicyclic) bond motifs is 3. The highest BCUT2D eigenvalue weighted by molar-refractivity contribution is 7.99. The highest BCUT2D eigenvalue weighted by atomic mass is 32.2. The van der Waals surface area contributed by atoms with Crippen molar-refractivity contribution >= 4 is 44.9 Å². The standard InChI is InChI=1S/C26H31N3O2S2/c1-15-12-16(2)23(17(3)13-15)27-21(30)14-32-26-28-24-22(19-10-6-7-11-20(19)33-24)25(31)29(26)18-8-4-5-9-18/h12-13,18H,4-11,14H2,1-3H3,(H,27,30). The second-order valence-electron chi connectivity index (χ2n) is 9.51. The molecular formula is C26H31N3O2S2. The van der Waals surface area contributed by atoms with Crippen LogP contribution in [0.15, 0.2) is 22.1 Å². The van der Waals surface area contributed by atoms with Gasteiger partial charge in [-0.3, -0.25) is 14.2 Å². The molecule has 2 aliphatic rings. The summed E-state index contributed by atoms with van der Waals surface area (Å²) >= 11 is 3.08. The Hall–Kier alpha value is -2.12. The number of carbonyl (C=O) groups is 1. The first-order chi connectivity index (χ1) is 15.9. The van der Waals surface area contributed by atoms with Gasteiger partial charge in [-0.15, -0.1) is 11.3 Å². The van der Waals surface area contributed by atoms with Gasteiger partial charge >= 0.3 is 0 Å². The van der Waals surface area contributed by atoms with E-state index in [0.29, 0.717) is 5.16 Å². The summed E-state index contributed by atoms with van der Waals surface area (Å²) in [5.41, 5.74) is 5.56. The van der Waals surface area contributed by atoms with Crippen LogP contribution in [-0.4, -0.2) is 21.2 Å². The molecule has 1 saturated carbocycles. The number of benzene rings is 1. The van der Waals surface area contributed by atoms with Crippen LogP contribution in [0.5, 0.6) is 0 Å². The van der Waals surface area contributed by atoms with Gasteiger partial charge in [-0.25, -0.2) is 4.98 Å². The van der Waals surface area contributed by atoms with Crippen molar-refractivity contribution in [3.63, 3.8) is 0 Å². The van der Waals surface area contributed by atoms with Gasteiger partial charge in [0.1, 0.15) is 4.83 Å². The first-order valence-corrected chi connectivity index (χ1v) is 13.8. The van der Waals surface area contributed by atoms with Crippen molar-refractivity contribution in [1.29, 1.82) is 0 Å². The first-order valence-electron chi connectivity index (χ1n) is 12.0. The minimum atomic E-state index is -0.0622. The van der Waals surface area contributed by atoms with E-state index in [1.54, 1.807) is 11.3 Å². The number of carbonyl (C=O) groups excluding carboxylic acids is 1. The maximum atomic E-state index is 13.7. The van der Waals surface area contributed by atoms with Crippen LogP contribution in [0.25, 0.3) is 10.2 Å². The molecule has 2 heterocycles. The molecule has 0 spiro atoms. The molecule has 0 bridgehead atoms. The Morgan fingerprint density at radius 2 is 1.82 bits per heavy atom. The molecule has 5 rings (SSSR count). The number of nitrogens with one attached hydrogen (secondary N) is 1. The summed E-state index contributed by atoms with van der Waals surface area (Å²) in [7, 11) is 0. The van der Waals surface area contributed by atoms with Gasteiger partial charge in [0.25, 0.3) is 5.56 Å². The summed E-state index contributed by atoms with van der Waals surface area (Å²) < 4.78 is 1.93.